The van der Waals surface area contributed by atoms with Gasteiger partial charge in [-0.05, 0) is 45.8 Å². The Balaban J connectivity index is 2.37. The summed E-state index contributed by atoms with van der Waals surface area (Å²) in [7, 11) is 4.32. The van der Waals surface area contributed by atoms with Crippen LogP contribution in [0, 0.1) is 5.92 Å². The second kappa shape index (κ2) is 5.58. The minimum absolute atomic E-state index is 0.687. The maximum absolute atomic E-state index is 5.51. The van der Waals surface area contributed by atoms with Gasteiger partial charge in [-0.3, -0.25) is 0 Å². The molecule has 1 heterocycles. The molecule has 1 fully saturated rings. The lowest BCUT2D eigenvalue weighted by Gasteiger charge is -2.36. The highest BCUT2D eigenvalue weighted by Gasteiger charge is 2.26. The van der Waals surface area contributed by atoms with E-state index in [-0.39, 0.29) is 0 Å². The third-order valence-corrected chi connectivity index (χ3v) is 2.88. The Labute approximate surface area is 81.2 Å². The molecule has 0 spiro atoms. The van der Waals surface area contributed by atoms with E-state index < -0.39 is 0 Å². The van der Waals surface area contributed by atoms with E-state index in [1.165, 1.54) is 12.8 Å². The number of ether oxygens (including phenoxy) is 1. The lowest BCUT2D eigenvalue weighted by Crippen LogP contribution is -2.42. The first kappa shape index (κ1) is 11.0. The molecule has 0 amide bonds. The molecule has 0 radical (unpaired) electrons. The molecule has 1 rings (SSSR count). The second-order valence-electron chi connectivity index (χ2n) is 4.09. The summed E-state index contributed by atoms with van der Waals surface area (Å²) >= 11 is 0. The van der Waals surface area contributed by atoms with Gasteiger partial charge in [-0.15, -0.1) is 0 Å². The Bertz CT molecular complexity index is 139. The van der Waals surface area contributed by atoms with Crippen LogP contribution in [0.15, 0.2) is 0 Å². The summed E-state index contributed by atoms with van der Waals surface area (Å²) in [5.41, 5.74) is 5.51. The average molecular weight is 186 g/mol. The van der Waals surface area contributed by atoms with E-state index in [0.717, 1.165) is 26.2 Å². The normalized spacial score (nSPS) is 29.5. The van der Waals surface area contributed by atoms with E-state index >= 15 is 0 Å². The molecule has 2 unspecified atom stereocenters. The standard InChI is InChI=1S/C10H22N2O/c1-12(2)10-5-7-13-8-9(10)4-3-6-11/h9-10H,3-8,11H2,1-2H3. The van der Waals surface area contributed by atoms with Crippen LogP contribution in [-0.2, 0) is 4.74 Å². The van der Waals surface area contributed by atoms with E-state index in [0.29, 0.717) is 12.0 Å². The van der Waals surface area contributed by atoms with Gasteiger partial charge in [0.05, 0.1) is 6.61 Å². The third-order valence-electron chi connectivity index (χ3n) is 2.88. The Hall–Kier alpha value is -0.120. The molecule has 1 aliphatic heterocycles. The first-order valence-corrected chi connectivity index (χ1v) is 5.20. The largest absolute Gasteiger partial charge is 0.381 e. The topological polar surface area (TPSA) is 38.5 Å². The monoisotopic (exact) mass is 186 g/mol. The fourth-order valence-electron chi connectivity index (χ4n) is 2.12. The van der Waals surface area contributed by atoms with Crippen molar-refractivity contribution in [3.63, 3.8) is 0 Å². The highest BCUT2D eigenvalue weighted by Crippen LogP contribution is 2.22. The molecule has 0 aromatic rings. The zero-order valence-corrected chi connectivity index (χ0v) is 8.83. The summed E-state index contributed by atoms with van der Waals surface area (Å²) in [6.07, 6.45) is 3.50. The molecule has 3 heteroatoms. The van der Waals surface area contributed by atoms with Crippen molar-refractivity contribution in [3.8, 4) is 0 Å². The van der Waals surface area contributed by atoms with Crippen LogP contribution >= 0.6 is 0 Å². The van der Waals surface area contributed by atoms with Gasteiger partial charge in [0.2, 0.25) is 0 Å². The zero-order chi connectivity index (χ0) is 9.68. The minimum atomic E-state index is 0.687. The van der Waals surface area contributed by atoms with Gasteiger partial charge in [-0.2, -0.15) is 0 Å². The van der Waals surface area contributed by atoms with Gasteiger partial charge in [0.15, 0.2) is 0 Å². The third kappa shape index (κ3) is 3.25. The molecule has 78 valence electrons. The molecule has 0 aromatic carbocycles. The quantitative estimate of drug-likeness (QED) is 0.702. The summed E-state index contributed by atoms with van der Waals surface area (Å²) in [5, 5.41) is 0. The summed E-state index contributed by atoms with van der Waals surface area (Å²) in [6, 6.07) is 0.695. The lowest BCUT2D eigenvalue weighted by atomic mass is 9.90. The van der Waals surface area contributed by atoms with E-state index in [2.05, 4.69) is 19.0 Å². The maximum atomic E-state index is 5.51. The minimum Gasteiger partial charge on any atom is -0.381 e. The lowest BCUT2D eigenvalue weighted by molar-refractivity contribution is -0.00131. The summed E-state index contributed by atoms with van der Waals surface area (Å²) < 4.78 is 5.49. The van der Waals surface area contributed by atoms with Crippen molar-refractivity contribution in [2.75, 3.05) is 33.9 Å². The second-order valence-corrected chi connectivity index (χ2v) is 4.09. The van der Waals surface area contributed by atoms with Crippen LogP contribution in [0.25, 0.3) is 0 Å². The van der Waals surface area contributed by atoms with E-state index in [4.69, 9.17) is 10.5 Å². The van der Waals surface area contributed by atoms with Crippen molar-refractivity contribution >= 4 is 0 Å². The van der Waals surface area contributed by atoms with Crippen LogP contribution in [0.5, 0.6) is 0 Å². The van der Waals surface area contributed by atoms with Gasteiger partial charge < -0.3 is 15.4 Å². The predicted octanol–water partition coefficient (Wildman–Crippen LogP) is 0.692. The Kier molecular flexibility index (Phi) is 4.70. The summed E-state index contributed by atoms with van der Waals surface area (Å²) in [5.74, 6) is 0.687. The van der Waals surface area contributed by atoms with Gasteiger partial charge in [0.1, 0.15) is 0 Å². The van der Waals surface area contributed by atoms with Crippen LogP contribution in [0.2, 0.25) is 0 Å². The molecule has 2 N–H and O–H groups in total. The molecule has 13 heavy (non-hydrogen) atoms. The highest BCUT2D eigenvalue weighted by molar-refractivity contribution is 4.79. The number of nitrogens with zero attached hydrogens (tertiary/aromatic N) is 1. The van der Waals surface area contributed by atoms with Crippen molar-refractivity contribution < 1.29 is 4.74 Å². The molecule has 2 atom stereocenters. The molecule has 0 aromatic heterocycles. The van der Waals surface area contributed by atoms with Crippen LogP contribution in [0.3, 0.4) is 0 Å². The van der Waals surface area contributed by atoms with Crippen LogP contribution < -0.4 is 5.73 Å². The van der Waals surface area contributed by atoms with Crippen molar-refractivity contribution in [2.24, 2.45) is 11.7 Å². The Morgan fingerprint density at radius 2 is 2.23 bits per heavy atom. The van der Waals surface area contributed by atoms with Crippen LogP contribution in [-0.4, -0.2) is 44.8 Å². The van der Waals surface area contributed by atoms with Gasteiger partial charge in [-0.25, -0.2) is 0 Å². The van der Waals surface area contributed by atoms with E-state index in [1.54, 1.807) is 0 Å². The predicted molar refractivity (Wildman–Crippen MR) is 54.7 cm³/mol. The maximum Gasteiger partial charge on any atom is 0.0509 e. The summed E-state index contributed by atoms with van der Waals surface area (Å²) in [4.78, 5) is 2.32. The van der Waals surface area contributed by atoms with Gasteiger partial charge >= 0.3 is 0 Å². The molecule has 3 nitrogen and oxygen atoms in total. The number of hydrogen-bond donors (Lipinski definition) is 1. The fraction of sp³-hybridized carbons (Fsp3) is 1.00. The molecule has 1 aliphatic rings. The molecular weight excluding hydrogens is 164 g/mol. The first-order chi connectivity index (χ1) is 6.25. The van der Waals surface area contributed by atoms with Crippen molar-refractivity contribution in [1.82, 2.24) is 4.90 Å². The highest BCUT2D eigenvalue weighted by atomic mass is 16.5. The Morgan fingerprint density at radius 3 is 2.85 bits per heavy atom. The Morgan fingerprint density at radius 1 is 1.46 bits per heavy atom. The van der Waals surface area contributed by atoms with E-state index in [9.17, 15) is 0 Å². The zero-order valence-electron chi connectivity index (χ0n) is 8.83. The molecule has 1 saturated heterocycles. The van der Waals surface area contributed by atoms with Crippen molar-refractivity contribution in [3.05, 3.63) is 0 Å². The number of rotatable bonds is 4. The van der Waals surface area contributed by atoms with Crippen LogP contribution in [0.4, 0.5) is 0 Å². The van der Waals surface area contributed by atoms with Gasteiger partial charge in [0, 0.05) is 12.6 Å². The first-order valence-electron chi connectivity index (χ1n) is 5.20. The van der Waals surface area contributed by atoms with Crippen molar-refractivity contribution in [2.45, 2.75) is 25.3 Å². The summed E-state index contributed by atoms with van der Waals surface area (Å²) in [6.45, 7) is 2.64. The number of nitrogens with two attached hydrogens (primary N) is 1. The molecule has 0 aliphatic carbocycles. The average Bonchev–Trinajstić information content (AvgIpc) is 2.15. The van der Waals surface area contributed by atoms with E-state index in [1.807, 2.05) is 0 Å². The molecule has 0 bridgehead atoms. The number of hydrogen-bond acceptors (Lipinski definition) is 3. The SMILES string of the molecule is CN(C)C1CCOCC1CCCN. The van der Waals surface area contributed by atoms with Gasteiger partial charge in [-0.1, -0.05) is 0 Å². The van der Waals surface area contributed by atoms with Gasteiger partial charge in [0.25, 0.3) is 0 Å². The fourth-order valence-corrected chi connectivity index (χ4v) is 2.12. The smallest absolute Gasteiger partial charge is 0.0509 e. The molecule has 0 saturated carbocycles. The molecular formula is C10H22N2O. The van der Waals surface area contributed by atoms with Crippen LogP contribution in [0.1, 0.15) is 19.3 Å². The van der Waals surface area contributed by atoms with Crippen molar-refractivity contribution in [1.29, 1.82) is 0 Å².